The summed E-state index contributed by atoms with van der Waals surface area (Å²) in [7, 11) is -2.78. The standard InChI is InChI=1S/C15H21NO4S/c17-21(18)7-4-13(11-21)10-16-9-12-2-3-14-15(8-12)20-6-1-5-19-14/h2-3,8,13,16H,1,4-7,9-11H2. The lowest BCUT2D eigenvalue weighted by Crippen LogP contribution is -2.23. The molecule has 3 rings (SSSR count). The highest BCUT2D eigenvalue weighted by molar-refractivity contribution is 7.91. The molecule has 5 nitrogen and oxygen atoms in total. The fourth-order valence-corrected chi connectivity index (χ4v) is 4.63. The van der Waals surface area contributed by atoms with Gasteiger partial charge in [-0.25, -0.2) is 8.42 Å². The van der Waals surface area contributed by atoms with Crippen LogP contribution in [0.1, 0.15) is 18.4 Å². The number of benzene rings is 1. The van der Waals surface area contributed by atoms with E-state index in [1.54, 1.807) is 0 Å². The fourth-order valence-electron chi connectivity index (χ4n) is 2.77. The summed E-state index contributed by atoms with van der Waals surface area (Å²) >= 11 is 0. The minimum Gasteiger partial charge on any atom is -0.490 e. The van der Waals surface area contributed by atoms with E-state index in [4.69, 9.17) is 9.47 Å². The second-order valence-electron chi connectivity index (χ2n) is 5.73. The van der Waals surface area contributed by atoms with Crippen LogP contribution < -0.4 is 14.8 Å². The van der Waals surface area contributed by atoms with Gasteiger partial charge in [-0.15, -0.1) is 0 Å². The van der Waals surface area contributed by atoms with Crippen molar-refractivity contribution in [2.75, 3.05) is 31.3 Å². The Hall–Kier alpha value is -1.27. The molecular weight excluding hydrogens is 290 g/mol. The molecule has 1 fully saturated rings. The molecule has 2 aliphatic rings. The van der Waals surface area contributed by atoms with E-state index in [0.717, 1.165) is 36.4 Å². The Bertz CT molecular complexity index is 600. The van der Waals surface area contributed by atoms with Crippen LogP contribution in [0.5, 0.6) is 11.5 Å². The predicted molar refractivity (Wildman–Crippen MR) is 80.5 cm³/mol. The van der Waals surface area contributed by atoms with Gasteiger partial charge in [0.05, 0.1) is 24.7 Å². The molecule has 0 aliphatic carbocycles. The van der Waals surface area contributed by atoms with Crippen LogP contribution in [0, 0.1) is 5.92 Å². The second-order valence-corrected chi connectivity index (χ2v) is 7.96. The van der Waals surface area contributed by atoms with E-state index in [9.17, 15) is 8.42 Å². The van der Waals surface area contributed by atoms with Crippen molar-refractivity contribution in [2.24, 2.45) is 5.92 Å². The molecule has 0 saturated carbocycles. The first-order chi connectivity index (χ1) is 10.1. The first-order valence-electron chi connectivity index (χ1n) is 7.42. The number of nitrogens with one attached hydrogen (secondary N) is 1. The quantitative estimate of drug-likeness (QED) is 0.910. The summed E-state index contributed by atoms with van der Waals surface area (Å²) in [5.74, 6) is 2.51. The van der Waals surface area contributed by atoms with Crippen LogP contribution in [0.3, 0.4) is 0 Å². The van der Waals surface area contributed by atoms with E-state index < -0.39 is 9.84 Å². The molecule has 6 heteroatoms. The average molecular weight is 311 g/mol. The number of rotatable bonds is 4. The monoisotopic (exact) mass is 311 g/mol. The summed E-state index contributed by atoms with van der Waals surface area (Å²) in [6.45, 7) is 2.84. The Kier molecular flexibility index (Phi) is 4.35. The largest absolute Gasteiger partial charge is 0.490 e. The zero-order valence-electron chi connectivity index (χ0n) is 12.0. The molecule has 0 spiro atoms. The molecule has 0 aromatic heterocycles. The van der Waals surface area contributed by atoms with Gasteiger partial charge in [0.1, 0.15) is 0 Å². The smallest absolute Gasteiger partial charge is 0.161 e. The van der Waals surface area contributed by atoms with Crippen molar-refractivity contribution in [3.8, 4) is 11.5 Å². The summed E-state index contributed by atoms with van der Waals surface area (Å²) in [6, 6.07) is 5.96. The molecule has 116 valence electrons. The van der Waals surface area contributed by atoms with E-state index >= 15 is 0 Å². The first kappa shape index (κ1) is 14.7. The lowest BCUT2D eigenvalue weighted by Gasteiger charge is -2.12. The Morgan fingerprint density at radius 1 is 1.19 bits per heavy atom. The van der Waals surface area contributed by atoms with Crippen molar-refractivity contribution in [1.82, 2.24) is 5.32 Å². The normalized spacial score (nSPS) is 23.7. The van der Waals surface area contributed by atoms with Crippen LogP contribution in [0.25, 0.3) is 0 Å². The summed E-state index contributed by atoms with van der Waals surface area (Å²) in [5.41, 5.74) is 1.13. The van der Waals surface area contributed by atoms with Gasteiger partial charge in [-0.3, -0.25) is 0 Å². The van der Waals surface area contributed by atoms with Crippen LogP contribution in [0.15, 0.2) is 18.2 Å². The predicted octanol–water partition coefficient (Wildman–Crippen LogP) is 1.37. The molecule has 1 aromatic carbocycles. The van der Waals surface area contributed by atoms with E-state index in [0.29, 0.717) is 31.3 Å². The van der Waals surface area contributed by atoms with Gasteiger partial charge in [-0.1, -0.05) is 6.07 Å². The number of ether oxygens (including phenoxy) is 2. The van der Waals surface area contributed by atoms with Gasteiger partial charge in [-0.05, 0) is 36.6 Å². The van der Waals surface area contributed by atoms with E-state index in [-0.39, 0.29) is 5.92 Å². The van der Waals surface area contributed by atoms with Crippen molar-refractivity contribution in [3.63, 3.8) is 0 Å². The lowest BCUT2D eigenvalue weighted by atomic mass is 10.1. The molecule has 21 heavy (non-hydrogen) atoms. The third kappa shape index (κ3) is 3.89. The summed E-state index contributed by atoms with van der Waals surface area (Å²) in [4.78, 5) is 0. The lowest BCUT2D eigenvalue weighted by molar-refractivity contribution is 0.297. The molecule has 1 saturated heterocycles. The van der Waals surface area contributed by atoms with Gasteiger partial charge in [0.2, 0.25) is 0 Å². The second kappa shape index (κ2) is 6.23. The van der Waals surface area contributed by atoms with Gasteiger partial charge in [0.15, 0.2) is 21.3 Å². The van der Waals surface area contributed by atoms with E-state index in [1.807, 2.05) is 18.2 Å². The topological polar surface area (TPSA) is 64.6 Å². The molecule has 0 bridgehead atoms. The van der Waals surface area contributed by atoms with Crippen molar-refractivity contribution in [1.29, 1.82) is 0 Å². The maximum absolute atomic E-state index is 11.4. The minimum atomic E-state index is -2.78. The van der Waals surface area contributed by atoms with Gasteiger partial charge in [-0.2, -0.15) is 0 Å². The van der Waals surface area contributed by atoms with Crippen LogP contribution in [-0.4, -0.2) is 39.7 Å². The van der Waals surface area contributed by atoms with Crippen molar-refractivity contribution >= 4 is 9.84 Å². The first-order valence-corrected chi connectivity index (χ1v) is 9.24. The van der Waals surface area contributed by atoms with Crippen molar-refractivity contribution in [2.45, 2.75) is 19.4 Å². The van der Waals surface area contributed by atoms with Gasteiger partial charge < -0.3 is 14.8 Å². The summed E-state index contributed by atoms with van der Waals surface area (Å²) in [5, 5.41) is 3.34. The SMILES string of the molecule is O=S1(=O)CCC(CNCc2ccc3c(c2)OCCCO3)C1. The number of fused-ring (bicyclic) bond motifs is 1. The van der Waals surface area contributed by atoms with E-state index in [1.165, 1.54) is 0 Å². The summed E-state index contributed by atoms with van der Waals surface area (Å²) < 4.78 is 34.1. The molecule has 1 atom stereocenters. The maximum atomic E-state index is 11.4. The third-order valence-electron chi connectivity index (χ3n) is 3.90. The molecule has 1 unspecified atom stereocenters. The van der Waals surface area contributed by atoms with Crippen LogP contribution >= 0.6 is 0 Å². The Morgan fingerprint density at radius 3 is 2.76 bits per heavy atom. The molecule has 0 amide bonds. The highest BCUT2D eigenvalue weighted by Crippen LogP contribution is 2.30. The third-order valence-corrected chi connectivity index (χ3v) is 5.74. The Morgan fingerprint density at radius 2 is 2.00 bits per heavy atom. The number of sulfone groups is 1. The van der Waals surface area contributed by atoms with E-state index in [2.05, 4.69) is 5.32 Å². The Labute approximate surface area is 125 Å². The van der Waals surface area contributed by atoms with Crippen LogP contribution in [0.2, 0.25) is 0 Å². The van der Waals surface area contributed by atoms with Gasteiger partial charge in [0.25, 0.3) is 0 Å². The molecule has 1 aromatic rings. The highest BCUT2D eigenvalue weighted by atomic mass is 32.2. The Balaban J connectivity index is 1.53. The molecule has 2 aliphatic heterocycles. The maximum Gasteiger partial charge on any atom is 0.161 e. The van der Waals surface area contributed by atoms with Gasteiger partial charge >= 0.3 is 0 Å². The average Bonchev–Trinajstić information content (AvgIpc) is 2.67. The highest BCUT2D eigenvalue weighted by Gasteiger charge is 2.27. The zero-order chi connectivity index (χ0) is 14.7. The minimum absolute atomic E-state index is 0.246. The zero-order valence-corrected chi connectivity index (χ0v) is 12.8. The number of hydrogen-bond donors (Lipinski definition) is 1. The van der Waals surface area contributed by atoms with Crippen molar-refractivity contribution < 1.29 is 17.9 Å². The van der Waals surface area contributed by atoms with Gasteiger partial charge in [0, 0.05) is 13.0 Å². The van der Waals surface area contributed by atoms with Crippen LogP contribution in [-0.2, 0) is 16.4 Å². The molecule has 0 radical (unpaired) electrons. The van der Waals surface area contributed by atoms with Crippen LogP contribution in [0.4, 0.5) is 0 Å². The fraction of sp³-hybridized carbons (Fsp3) is 0.600. The molecule has 1 N–H and O–H groups in total. The number of hydrogen-bond acceptors (Lipinski definition) is 5. The van der Waals surface area contributed by atoms with Crippen molar-refractivity contribution in [3.05, 3.63) is 23.8 Å². The molecule has 2 heterocycles. The summed E-state index contributed by atoms with van der Waals surface area (Å²) in [6.07, 6.45) is 1.68. The molecular formula is C15H21NO4S.